The third kappa shape index (κ3) is 5.09. The largest absolute Gasteiger partial charge is 0.310 e. The Morgan fingerprint density at radius 1 is 1.19 bits per heavy atom. The summed E-state index contributed by atoms with van der Waals surface area (Å²) in [7, 11) is -3.49. The number of benzene rings is 1. The molecule has 0 aliphatic heterocycles. The van der Waals surface area contributed by atoms with E-state index in [0.717, 1.165) is 12.1 Å². The van der Waals surface area contributed by atoms with Crippen LogP contribution in [0.5, 0.6) is 0 Å². The second-order valence-corrected chi connectivity index (χ2v) is 8.27. The zero-order valence-corrected chi connectivity index (χ0v) is 14.7. The standard InChI is InChI=1S/C16H28N2O2S/c1-7-17-12(2)14-9-8-10-15(11-14)21(19,20)18-13(3)16(4,5)6/h8-13,17-18H,7H2,1-6H3. The van der Waals surface area contributed by atoms with Crippen LogP contribution in [0.3, 0.4) is 0 Å². The molecule has 0 heterocycles. The highest BCUT2D eigenvalue weighted by Crippen LogP contribution is 2.22. The van der Waals surface area contributed by atoms with Crippen molar-refractivity contribution < 1.29 is 8.42 Å². The predicted molar refractivity (Wildman–Crippen MR) is 87.8 cm³/mol. The molecule has 5 heteroatoms. The summed E-state index contributed by atoms with van der Waals surface area (Å²) in [6.45, 7) is 12.8. The average molecular weight is 312 g/mol. The molecule has 1 aromatic carbocycles. The third-order valence-electron chi connectivity index (χ3n) is 3.81. The van der Waals surface area contributed by atoms with Gasteiger partial charge in [-0.25, -0.2) is 13.1 Å². The molecule has 0 bridgehead atoms. The summed E-state index contributed by atoms with van der Waals surface area (Å²) in [5.74, 6) is 0. The first-order valence-corrected chi connectivity index (χ1v) is 8.92. The Balaban J connectivity index is 3.02. The maximum atomic E-state index is 12.5. The molecule has 1 rings (SSSR count). The van der Waals surface area contributed by atoms with Gasteiger partial charge in [-0.3, -0.25) is 0 Å². The van der Waals surface area contributed by atoms with E-state index in [4.69, 9.17) is 0 Å². The molecule has 0 saturated heterocycles. The predicted octanol–water partition coefficient (Wildman–Crippen LogP) is 3.07. The molecule has 120 valence electrons. The molecule has 4 nitrogen and oxygen atoms in total. The molecule has 0 fully saturated rings. The quantitative estimate of drug-likeness (QED) is 0.848. The molecule has 1 aromatic rings. The average Bonchev–Trinajstić information content (AvgIpc) is 2.37. The summed E-state index contributed by atoms with van der Waals surface area (Å²) < 4.78 is 27.7. The van der Waals surface area contributed by atoms with Gasteiger partial charge in [0.05, 0.1) is 4.90 Å². The fourth-order valence-corrected chi connectivity index (χ4v) is 3.36. The van der Waals surface area contributed by atoms with Gasteiger partial charge >= 0.3 is 0 Å². The molecule has 0 aromatic heterocycles. The molecule has 2 N–H and O–H groups in total. The number of sulfonamides is 1. The summed E-state index contributed by atoms with van der Waals surface area (Å²) in [6, 6.07) is 7.10. The highest BCUT2D eigenvalue weighted by molar-refractivity contribution is 7.89. The van der Waals surface area contributed by atoms with Crippen molar-refractivity contribution in [3.8, 4) is 0 Å². The van der Waals surface area contributed by atoms with E-state index in [1.54, 1.807) is 18.2 Å². The van der Waals surface area contributed by atoms with Crippen molar-refractivity contribution in [1.29, 1.82) is 0 Å². The molecular formula is C16H28N2O2S. The number of hydrogen-bond donors (Lipinski definition) is 2. The topological polar surface area (TPSA) is 58.2 Å². The van der Waals surface area contributed by atoms with Crippen LogP contribution in [0, 0.1) is 5.41 Å². The Morgan fingerprint density at radius 2 is 1.81 bits per heavy atom. The summed E-state index contributed by atoms with van der Waals surface area (Å²) >= 11 is 0. The first-order chi connectivity index (χ1) is 9.58. The van der Waals surface area contributed by atoms with E-state index in [1.165, 1.54) is 0 Å². The number of rotatable bonds is 6. The SMILES string of the molecule is CCNC(C)c1cccc(S(=O)(=O)NC(C)C(C)(C)C)c1. The Kier molecular flexibility index (Phi) is 5.96. The van der Waals surface area contributed by atoms with Crippen molar-refractivity contribution in [2.24, 2.45) is 5.41 Å². The molecule has 0 saturated carbocycles. The van der Waals surface area contributed by atoms with E-state index in [-0.39, 0.29) is 17.5 Å². The third-order valence-corrected chi connectivity index (χ3v) is 5.35. The van der Waals surface area contributed by atoms with Gasteiger partial charge in [-0.05, 0) is 43.5 Å². The van der Waals surface area contributed by atoms with Crippen molar-refractivity contribution in [2.75, 3.05) is 6.54 Å². The first-order valence-electron chi connectivity index (χ1n) is 7.43. The molecule has 0 spiro atoms. The fourth-order valence-electron chi connectivity index (χ4n) is 1.85. The maximum Gasteiger partial charge on any atom is 0.240 e. The molecule has 0 aliphatic carbocycles. The van der Waals surface area contributed by atoms with Crippen molar-refractivity contribution in [1.82, 2.24) is 10.0 Å². The van der Waals surface area contributed by atoms with Crippen LogP contribution in [0.4, 0.5) is 0 Å². The second-order valence-electron chi connectivity index (χ2n) is 6.56. The van der Waals surface area contributed by atoms with Gasteiger partial charge in [0.15, 0.2) is 0 Å². The molecule has 21 heavy (non-hydrogen) atoms. The Bertz CT molecular complexity index is 562. The zero-order chi connectivity index (χ0) is 16.3. The van der Waals surface area contributed by atoms with E-state index >= 15 is 0 Å². The Morgan fingerprint density at radius 3 is 2.33 bits per heavy atom. The maximum absolute atomic E-state index is 12.5. The molecule has 0 aliphatic rings. The Hall–Kier alpha value is -0.910. The van der Waals surface area contributed by atoms with Gasteiger partial charge in [0, 0.05) is 12.1 Å². The number of nitrogens with one attached hydrogen (secondary N) is 2. The lowest BCUT2D eigenvalue weighted by molar-refractivity contribution is 0.317. The van der Waals surface area contributed by atoms with E-state index in [2.05, 4.69) is 10.0 Å². The monoisotopic (exact) mass is 312 g/mol. The molecular weight excluding hydrogens is 284 g/mol. The van der Waals surface area contributed by atoms with Crippen molar-refractivity contribution >= 4 is 10.0 Å². The van der Waals surface area contributed by atoms with Gasteiger partial charge in [0.25, 0.3) is 0 Å². The summed E-state index contributed by atoms with van der Waals surface area (Å²) in [6.07, 6.45) is 0. The molecule has 2 atom stereocenters. The summed E-state index contributed by atoms with van der Waals surface area (Å²) in [5, 5.41) is 3.29. The Labute approximate surface area is 129 Å². The van der Waals surface area contributed by atoms with Crippen LogP contribution in [0.1, 0.15) is 53.1 Å². The lowest BCUT2D eigenvalue weighted by Gasteiger charge is -2.28. The lowest BCUT2D eigenvalue weighted by atomic mass is 9.89. The van der Waals surface area contributed by atoms with Gasteiger partial charge in [0.2, 0.25) is 10.0 Å². The van der Waals surface area contributed by atoms with Crippen molar-refractivity contribution in [2.45, 2.75) is 58.5 Å². The smallest absolute Gasteiger partial charge is 0.240 e. The molecule has 0 amide bonds. The first kappa shape index (κ1) is 18.1. The van der Waals surface area contributed by atoms with E-state index in [1.807, 2.05) is 47.6 Å². The highest BCUT2D eigenvalue weighted by Gasteiger charge is 2.26. The van der Waals surface area contributed by atoms with Gasteiger partial charge in [0.1, 0.15) is 0 Å². The molecule has 0 radical (unpaired) electrons. The van der Waals surface area contributed by atoms with Crippen molar-refractivity contribution in [3.05, 3.63) is 29.8 Å². The van der Waals surface area contributed by atoms with Gasteiger partial charge in [-0.1, -0.05) is 39.8 Å². The van der Waals surface area contributed by atoms with Crippen LogP contribution in [0.2, 0.25) is 0 Å². The van der Waals surface area contributed by atoms with Crippen LogP contribution in [0.25, 0.3) is 0 Å². The fraction of sp³-hybridized carbons (Fsp3) is 0.625. The van der Waals surface area contributed by atoms with E-state index in [0.29, 0.717) is 4.90 Å². The number of hydrogen-bond acceptors (Lipinski definition) is 3. The van der Waals surface area contributed by atoms with E-state index < -0.39 is 10.0 Å². The van der Waals surface area contributed by atoms with Crippen LogP contribution >= 0.6 is 0 Å². The minimum atomic E-state index is -3.49. The minimum absolute atomic E-state index is 0.123. The van der Waals surface area contributed by atoms with Gasteiger partial charge in [-0.2, -0.15) is 0 Å². The highest BCUT2D eigenvalue weighted by atomic mass is 32.2. The lowest BCUT2D eigenvalue weighted by Crippen LogP contribution is -2.41. The summed E-state index contributed by atoms with van der Waals surface area (Å²) in [5.41, 5.74) is 0.852. The summed E-state index contributed by atoms with van der Waals surface area (Å²) in [4.78, 5) is 0.320. The normalized spacial score (nSPS) is 15.7. The van der Waals surface area contributed by atoms with Crippen LogP contribution < -0.4 is 10.0 Å². The zero-order valence-electron chi connectivity index (χ0n) is 13.9. The van der Waals surface area contributed by atoms with Gasteiger partial charge in [-0.15, -0.1) is 0 Å². The van der Waals surface area contributed by atoms with Crippen molar-refractivity contribution in [3.63, 3.8) is 0 Å². The minimum Gasteiger partial charge on any atom is -0.310 e. The van der Waals surface area contributed by atoms with Gasteiger partial charge < -0.3 is 5.32 Å². The van der Waals surface area contributed by atoms with Crippen LogP contribution in [-0.4, -0.2) is 21.0 Å². The second kappa shape index (κ2) is 6.90. The van der Waals surface area contributed by atoms with E-state index in [9.17, 15) is 8.42 Å². The molecule has 2 unspecified atom stereocenters. The van der Waals surface area contributed by atoms with Crippen LogP contribution in [-0.2, 0) is 10.0 Å². The van der Waals surface area contributed by atoms with Crippen LogP contribution in [0.15, 0.2) is 29.2 Å².